The molecule has 1 aromatic carbocycles. The van der Waals surface area contributed by atoms with E-state index in [2.05, 4.69) is 10.2 Å². The Morgan fingerprint density at radius 2 is 2.00 bits per heavy atom. The van der Waals surface area contributed by atoms with Crippen LogP contribution in [0.5, 0.6) is 0 Å². The monoisotopic (exact) mass is 445 g/mol. The fourth-order valence-corrected chi connectivity index (χ4v) is 3.13. The summed E-state index contributed by atoms with van der Waals surface area (Å²) in [5.41, 5.74) is 3.19. The summed E-state index contributed by atoms with van der Waals surface area (Å²) in [5, 5.41) is 11.2. The summed E-state index contributed by atoms with van der Waals surface area (Å²) >= 11 is 0. The standard InChI is InChI=1S/C21H28FN3O5.Na.H/c1-4-7-18(22)30-21(29)23-25(6-3)11-10-14-8-9-17-15(12-14)19(26)16(20(27)28)13-24(17)5-2;;/h8-9,12-13,18H,4-7,10-11H2,1-3H3,(H,23,29)(H,27,28);;. The SMILES string of the molecule is CCCC(F)OC(=O)NN(CC)CCc1ccc2c(c1)c(=O)c(C(=O)O)cn2CC.[NaH]. The van der Waals surface area contributed by atoms with Crippen LogP contribution in [0.15, 0.2) is 29.2 Å². The summed E-state index contributed by atoms with van der Waals surface area (Å²) in [6, 6.07) is 5.33. The van der Waals surface area contributed by atoms with E-state index < -0.39 is 23.8 Å². The number of alkyl halides is 1. The van der Waals surface area contributed by atoms with Gasteiger partial charge in [0.25, 0.3) is 0 Å². The number of hydrogen-bond acceptors (Lipinski definition) is 5. The van der Waals surface area contributed by atoms with Crippen molar-refractivity contribution in [3.05, 3.63) is 45.7 Å². The van der Waals surface area contributed by atoms with E-state index in [0.717, 1.165) is 5.56 Å². The number of fused-ring (bicyclic) bond motifs is 1. The number of carbonyl (C=O) groups excluding carboxylic acids is 1. The number of halogens is 1. The molecule has 0 aliphatic rings. The van der Waals surface area contributed by atoms with Gasteiger partial charge in [0.1, 0.15) is 5.56 Å². The van der Waals surface area contributed by atoms with E-state index in [4.69, 9.17) is 0 Å². The maximum atomic E-state index is 13.4. The summed E-state index contributed by atoms with van der Waals surface area (Å²) in [5.74, 6) is -1.26. The molecule has 166 valence electrons. The molecular weight excluding hydrogens is 416 g/mol. The molecule has 0 spiro atoms. The van der Waals surface area contributed by atoms with Gasteiger partial charge < -0.3 is 14.4 Å². The molecule has 0 saturated heterocycles. The first-order chi connectivity index (χ1) is 14.3. The average molecular weight is 445 g/mol. The molecule has 0 fully saturated rings. The number of likely N-dealkylation sites (N-methyl/N-ethyl adjacent to an activating group) is 1. The molecule has 1 unspecified atom stereocenters. The Hall–Kier alpha value is -1.94. The molecule has 1 heterocycles. The van der Waals surface area contributed by atoms with Crippen LogP contribution in [0, 0.1) is 0 Å². The van der Waals surface area contributed by atoms with Gasteiger partial charge in [-0.1, -0.05) is 19.9 Å². The zero-order valence-corrected chi connectivity index (χ0v) is 17.5. The van der Waals surface area contributed by atoms with Gasteiger partial charge in [0.05, 0.1) is 5.52 Å². The predicted molar refractivity (Wildman–Crippen MR) is 118 cm³/mol. The summed E-state index contributed by atoms with van der Waals surface area (Å²) in [6.07, 6.45) is 0.0618. The number of aryl methyl sites for hydroxylation is 1. The fraction of sp³-hybridized carbons (Fsp3) is 0.476. The molecule has 0 aliphatic carbocycles. The molecule has 2 aromatic rings. The Balaban J connectivity index is 0.00000480. The van der Waals surface area contributed by atoms with E-state index in [-0.39, 0.29) is 41.5 Å². The van der Waals surface area contributed by atoms with E-state index in [9.17, 15) is 23.9 Å². The second kappa shape index (κ2) is 12.8. The first-order valence-corrected chi connectivity index (χ1v) is 10.1. The van der Waals surface area contributed by atoms with Crippen LogP contribution < -0.4 is 10.9 Å². The number of aromatic carboxylic acids is 1. The molecular formula is C21H29FN3NaO5. The van der Waals surface area contributed by atoms with Gasteiger partial charge >= 0.3 is 41.6 Å². The molecule has 8 nitrogen and oxygen atoms in total. The van der Waals surface area contributed by atoms with Gasteiger partial charge in [-0.3, -0.25) is 10.2 Å². The second-order valence-electron chi connectivity index (χ2n) is 6.86. The number of aromatic nitrogens is 1. The number of ether oxygens (including phenoxy) is 1. The number of hydrazine groups is 1. The number of amides is 1. The van der Waals surface area contributed by atoms with E-state index in [1.807, 2.05) is 19.9 Å². The summed E-state index contributed by atoms with van der Waals surface area (Å²) in [7, 11) is 0. The molecule has 1 aromatic heterocycles. The number of benzene rings is 1. The third kappa shape index (κ3) is 7.31. The van der Waals surface area contributed by atoms with Gasteiger partial charge in [-0.15, -0.1) is 0 Å². The molecule has 0 bridgehead atoms. The number of rotatable bonds is 10. The first-order valence-electron chi connectivity index (χ1n) is 10.1. The Kier molecular flexibility index (Phi) is 11.2. The van der Waals surface area contributed by atoms with Crippen molar-refractivity contribution in [1.29, 1.82) is 0 Å². The second-order valence-corrected chi connectivity index (χ2v) is 6.86. The fourth-order valence-electron chi connectivity index (χ4n) is 3.13. The molecule has 0 saturated carbocycles. The minimum absolute atomic E-state index is 0. The topological polar surface area (TPSA) is 101 Å². The maximum absolute atomic E-state index is 13.4. The molecule has 31 heavy (non-hydrogen) atoms. The Labute approximate surface area is 202 Å². The van der Waals surface area contributed by atoms with Gasteiger partial charge in [-0.25, -0.2) is 19.0 Å². The van der Waals surface area contributed by atoms with Crippen molar-refractivity contribution in [3.8, 4) is 0 Å². The van der Waals surface area contributed by atoms with Gasteiger partial charge in [0, 0.05) is 37.6 Å². The Bertz CT molecular complexity index is 966. The molecule has 0 aliphatic heterocycles. The van der Waals surface area contributed by atoms with Gasteiger partial charge in [0.2, 0.25) is 11.8 Å². The Morgan fingerprint density at radius 1 is 1.29 bits per heavy atom. The van der Waals surface area contributed by atoms with E-state index >= 15 is 0 Å². The van der Waals surface area contributed by atoms with Crippen molar-refractivity contribution in [2.24, 2.45) is 0 Å². The zero-order valence-electron chi connectivity index (χ0n) is 17.5. The normalized spacial score (nSPS) is 11.8. The van der Waals surface area contributed by atoms with Crippen LogP contribution in [0.25, 0.3) is 10.9 Å². The van der Waals surface area contributed by atoms with Crippen LogP contribution in [0.1, 0.15) is 49.5 Å². The summed E-state index contributed by atoms with van der Waals surface area (Å²) < 4.78 is 19.8. The van der Waals surface area contributed by atoms with Crippen molar-refractivity contribution >= 4 is 52.5 Å². The van der Waals surface area contributed by atoms with Crippen molar-refractivity contribution in [2.45, 2.75) is 52.9 Å². The first kappa shape index (κ1) is 27.1. The van der Waals surface area contributed by atoms with Crippen LogP contribution >= 0.6 is 0 Å². The van der Waals surface area contributed by atoms with Crippen molar-refractivity contribution in [1.82, 2.24) is 15.0 Å². The van der Waals surface area contributed by atoms with E-state index in [1.54, 1.807) is 28.6 Å². The number of carboxylic acids is 1. The number of nitrogens with one attached hydrogen (secondary N) is 1. The molecule has 0 radical (unpaired) electrons. The van der Waals surface area contributed by atoms with Crippen molar-refractivity contribution in [2.75, 3.05) is 13.1 Å². The van der Waals surface area contributed by atoms with Gasteiger partial charge in [0.15, 0.2) is 0 Å². The number of hydrogen-bond donors (Lipinski definition) is 2. The summed E-state index contributed by atoms with van der Waals surface area (Å²) in [6.45, 7) is 6.90. The predicted octanol–water partition coefficient (Wildman–Crippen LogP) is 2.67. The number of carbonyl (C=O) groups is 2. The van der Waals surface area contributed by atoms with Crippen LogP contribution in [-0.4, -0.2) is 75.7 Å². The number of pyridine rings is 1. The van der Waals surface area contributed by atoms with Crippen LogP contribution in [0.3, 0.4) is 0 Å². The summed E-state index contributed by atoms with van der Waals surface area (Å²) in [4.78, 5) is 35.8. The number of carboxylic acid groups (broad SMARTS) is 1. The molecule has 1 atom stereocenters. The third-order valence-corrected chi connectivity index (χ3v) is 4.77. The molecule has 2 N–H and O–H groups in total. The Morgan fingerprint density at radius 3 is 2.58 bits per heavy atom. The molecule has 2 rings (SSSR count). The van der Waals surface area contributed by atoms with Gasteiger partial charge in [-0.05, 0) is 37.5 Å². The zero-order chi connectivity index (χ0) is 22.3. The van der Waals surface area contributed by atoms with Crippen LogP contribution in [-0.2, 0) is 17.7 Å². The average Bonchev–Trinajstić information content (AvgIpc) is 2.71. The van der Waals surface area contributed by atoms with E-state index in [0.29, 0.717) is 43.4 Å². The van der Waals surface area contributed by atoms with Crippen LogP contribution in [0.4, 0.5) is 9.18 Å². The quantitative estimate of drug-likeness (QED) is 0.431. The van der Waals surface area contributed by atoms with Crippen LogP contribution in [0.2, 0.25) is 0 Å². The minimum atomic E-state index is -1.64. The van der Waals surface area contributed by atoms with E-state index in [1.165, 1.54) is 6.20 Å². The molecule has 1 amide bonds. The van der Waals surface area contributed by atoms with Crippen molar-refractivity contribution in [3.63, 3.8) is 0 Å². The molecule has 10 heteroatoms. The van der Waals surface area contributed by atoms with Crippen molar-refractivity contribution < 1.29 is 23.8 Å². The number of nitrogens with zero attached hydrogens (tertiary/aromatic N) is 2. The van der Waals surface area contributed by atoms with Gasteiger partial charge in [-0.2, -0.15) is 0 Å². The third-order valence-electron chi connectivity index (χ3n) is 4.77.